The maximum atomic E-state index is 12.3. The van der Waals surface area contributed by atoms with E-state index in [1.807, 2.05) is 0 Å². The van der Waals surface area contributed by atoms with E-state index in [1.54, 1.807) is 48.5 Å². The number of nitrogens with two attached hydrogens (primary N) is 1. The average Bonchev–Trinajstić information content (AvgIpc) is 3.03. The van der Waals surface area contributed by atoms with Crippen LogP contribution >= 0.6 is 35.0 Å². The summed E-state index contributed by atoms with van der Waals surface area (Å²) in [4.78, 5) is 24.4. The maximum absolute atomic E-state index is 12.3. The van der Waals surface area contributed by atoms with Gasteiger partial charge in [-0.3, -0.25) is 14.2 Å². The zero-order valence-electron chi connectivity index (χ0n) is 14.9. The molecule has 0 aliphatic carbocycles. The molecular weight excluding hydrogens is 435 g/mol. The first kappa shape index (κ1) is 21.0. The molecule has 0 bridgehead atoms. The van der Waals surface area contributed by atoms with E-state index in [-0.39, 0.29) is 30.1 Å². The Kier molecular flexibility index (Phi) is 6.97. The largest absolute Gasteiger partial charge is 0.368 e. The summed E-state index contributed by atoms with van der Waals surface area (Å²) in [6, 6.07) is 13.5. The number of thioether (sulfide) groups is 1. The van der Waals surface area contributed by atoms with Crippen LogP contribution in [0.25, 0.3) is 0 Å². The van der Waals surface area contributed by atoms with Crippen molar-refractivity contribution in [1.82, 2.24) is 14.8 Å². The van der Waals surface area contributed by atoms with Crippen molar-refractivity contribution in [2.24, 2.45) is 0 Å². The molecular formula is C18H16Cl2N6O2S. The zero-order valence-corrected chi connectivity index (χ0v) is 17.3. The van der Waals surface area contributed by atoms with Crippen LogP contribution in [0.3, 0.4) is 0 Å². The van der Waals surface area contributed by atoms with Crippen LogP contribution in [0, 0.1) is 0 Å². The Morgan fingerprint density at radius 1 is 0.897 bits per heavy atom. The van der Waals surface area contributed by atoms with E-state index in [1.165, 1.54) is 4.57 Å². The van der Waals surface area contributed by atoms with Crippen molar-refractivity contribution in [2.45, 2.75) is 11.7 Å². The first-order valence-corrected chi connectivity index (χ1v) is 10.1. The zero-order chi connectivity index (χ0) is 20.8. The van der Waals surface area contributed by atoms with E-state index in [0.29, 0.717) is 26.6 Å². The van der Waals surface area contributed by atoms with Crippen molar-refractivity contribution in [1.29, 1.82) is 0 Å². The second kappa shape index (κ2) is 9.64. The van der Waals surface area contributed by atoms with E-state index >= 15 is 0 Å². The molecule has 2 aromatic carbocycles. The van der Waals surface area contributed by atoms with Gasteiger partial charge in [0.25, 0.3) is 0 Å². The van der Waals surface area contributed by atoms with Gasteiger partial charge in [-0.05, 0) is 48.5 Å². The molecule has 0 saturated carbocycles. The number of amides is 2. The number of hydrogen-bond donors (Lipinski definition) is 3. The fraction of sp³-hybridized carbons (Fsp3) is 0.111. The molecule has 29 heavy (non-hydrogen) atoms. The quantitative estimate of drug-likeness (QED) is 0.474. The first-order valence-electron chi connectivity index (χ1n) is 8.33. The van der Waals surface area contributed by atoms with Gasteiger partial charge in [0.15, 0.2) is 5.16 Å². The Balaban J connectivity index is 1.57. The molecule has 3 aromatic rings. The van der Waals surface area contributed by atoms with Crippen molar-refractivity contribution in [3.05, 3.63) is 58.6 Å². The highest BCUT2D eigenvalue weighted by Crippen LogP contribution is 2.20. The van der Waals surface area contributed by atoms with Gasteiger partial charge in [0.1, 0.15) is 6.54 Å². The van der Waals surface area contributed by atoms with Gasteiger partial charge in [-0.15, -0.1) is 10.2 Å². The molecule has 1 aromatic heterocycles. The highest BCUT2D eigenvalue weighted by molar-refractivity contribution is 7.99. The number of nitrogens with one attached hydrogen (secondary N) is 2. The van der Waals surface area contributed by atoms with Crippen LogP contribution < -0.4 is 16.4 Å². The minimum atomic E-state index is -0.314. The van der Waals surface area contributed by atoms with Gasteiger partial charge in [0, 0.05) is 21.4 Å². The van der Waals surface area contributed by atoms with E-state index in [9.17, 15) is 9.59 Å². The standard InChI is InChI=1S/C18H16Cl2N6O2S/c19-11-1-5-13(6-2-11)22-15(27)9-26-17(21)24-25-18(26)29-10-16(28)23-14-7-3-12(20)4-8-14/h1-8H,9-10H2,(H2,21,24)(H,22,27)(H,23,28). The van der Waals surface area contributed by atoms with Gasteiger partial charge in [-0.25, -0.2) is 0 Å². The fourth-order valence-electron chi connectivity index (χ4n) is 2.29. The molecule has 8 nitrogen and oxygen atoms in total. The van der Waals surface area contributed by atoms with Gasteiger partial charge in [0.05, 0.1) is 5.75 Å². The SMILES string of the molecule is Nc1nnc(SCC(=O)Nc2ccc(Cl)cc2)n1CC(=O)Nc1ccc(Cl)cc1. The minimum Gasteiger partial charge on any atom is -0.368 e. The van der Waals surface area contributed by atoms with Crippen LogP contribution in [0.4, 0.5) is 17.3 Å². The Morgan fingerprint density at radius 2 is 1.41 bits per heavy atom. The topological polar surface area (TPSA) is 115 Å². The highest BCUT2D eigenvalue weighted by Gasteiger charge is 2.15. The van der Waals surface area contributed by atoms with Gasteiger partial charge in [-0.1, -0.05) is 35.0 Å². The third kappa shape index (κ3) is 6.11. The second-order valence-corrected chi connectivity index (χ2v) is 7.64. The molecule has 2 amide bonds. The minimum absolute atomic E-state index is 0.0690. The average molecular weight is 451 g/mol. The first-order chi connectivity index (χ1) is 13.9. The lowest BCUT2D eigenvalue weighted by molar-refractivity contribution is -0.117. The lowest BCUT2D eigenvalue weighted by Gasteiger charge is -2.09. The number of nitrogens with zero attached hydrogens (tertiary/aromatic N) is 3. The number of benzene rings is 2. The summed E-state index contributed by atoms with van der Waals surface area (Å²) < 4.78 is 1.44. The summed E-state index contributed by atoms with van der Waals surface area (Å²) in [7, 11) is 0. The predicted octanol–water partition coefficient (Wildman–Crippen LogP) is 3.54. The van der Waals surface area contributed by atoms with Crippen molar-refractivity contribution >= 4 is 64.1 Å². The van der Waals surface area contributed by atoms with Crippen LogP contribution in [-0.4, -0.2) is 32.3 Å². The summed E-state index contributed by atoms with van der Waals surface area (Å²) in [6.45, 7) is -0.0946. The Bertz CT molecular complexity index is 1010. The third-order valence-electron chi connectivity index (χ3n) is 3.64. The molecule has 0 saturated heterocycles. The number of anilines is 3. The summed E-state index contributed by atoms with van der Waals surface area (Å²) in [5, 5.41) is 14.7. The molecule has 0 atom stereocenters. The van der Waals surface area contributed by atoms with Gasteiger partial charge >= 0.3 is 0 Å². The van der Waals surface area contributed by atoms with E-state index in [4.69, 9.17) is 28.9 Å². The molecule has 150 valence electrons. The van der Waals surface area contributed by atoms with Crippen molar-refractivity contribution in [2.75, 3.05) is 22.1 Å². The van der Waals surface area contributed by atoms with E-state index in [2.05, 4.69) is 20.8 Å². The number of aromatic nitrogens is 3. The summed E-state index contributed by atoms with van der Waals surface area (Å²) in [5.41, 5.74) is 7.04. The number of carbonyl (C=O) groups is 2. The number of carbonyl (C=O) groups excluding carboxylic acids is 2. The molecule has 0 radical (unpaired) electrons. The molecule has 0 aliphatic rings. The van der Waals surface area contributed by atoms with E-state index in [0.717, 1.165) is 11.8 Å². The van der Waals surface area contributed by atoms with Crippen LogP contribution in [-0.2, 0) is 16.1 Å². The predicted molar refractivity (Wildman–Crippen MR) is 115 cm³/mol. The number of halogens is 2. The fourth-order valence-corrected chi connectivity index (χ4v) is 3.29. The Hall–Kier alpha value is -2.75. The normalized spacial score (nSPS) is 10.6. The van der Waals surface area contributed by atoms with Gasteiger partial charge in [0.2, 0.25) is 17.8 Å². The number of rotatable bonds is 7. The smallest absolute Gasteiger partial charge is 0.244 e. The molecule has 0 spiro atoms. The summed E-state index contributed by atoms with van der Waals surface area (Å²) in [6.07, 6.45) is 0. The molecule has 0 fully saturated rings. The Labute approximate surface area is 180 Å². The van der Waals surface area contributed by atoms with E-state index < -0.39 is 0 Å². The van der Waals surface area contributed by atoms with Crippen molar-refractivity contribution in [3.8, 4) is 0 Å². The molecule has 0 unspecified atom stereocenters. The highest BCUT2D eigenvalue weighted by atomic mass is 35.5. The van der Waals surface area contributed by atoms with Crippen molar-refractivity contribution in [3.63, 3.8) is 0 Å². The van der Waals surface area contributed by atoms with Crippen LogP contribution in [0.2, 0.25) is 10.0 Å². The molecule has 4 N–H and O–H groups in total. The summed E-state index contributed by atoms with van der Waals surface area (Å²) >= 11 is 12.8. The lowest BCUT2D eigenvalue weighted by Crippen LogP contribution is -2.21. The maximum Gasteiger partial charge on any atom is 0.244 e. The summed E-state index contributed by atoms with van der Waals surface area (Å²) in [5.74, 6) is -0.404. The number of nitrogen functional groups attached to an aromatic ring is 1. The number of hydrogen-bond acceptors (Lipinski definition) is 6. The van der Waals surface area contributed by atoms with Crippen LogP contribution in [0.15, 0.2) is 53.7 Å². The molecule has 0 aliphatic heterocycles. The van der Waals surface area contributed by atoms with Crippen molar-refractivity contribution < 1.29 is 9.59 Å². The van der Waals surface area contributed by atoms with Gasteiger partial charge in [-0.2, -0.15) is 0 Å². The lowest BCUT2D eigenvalue weighted by atomic mass is 10.3. The second-order valence-electron chi connectivity index (χ2n) is 5.83. The third-order valence-corrected chi connectivity index (χ3v) is 5.11. The van der Waals surface area contributed by atoms with Gasteiger partial charge < -0.3 is 16.4 Å². The molecule has 3 rings (SSSR count). The molecule has 1 heterocycles. The Morgan fingerprint density at radius 3 is 1.97 bits per heavy atom. The monoisotopic (exact) mass is 450 g/mol. The molecule has 11 heteroatoms. The van der Waals surface area contributed by atoms with Crippen LogP contribution in [0.5, 0.6) is 0 Å². The van der Waals surface area contributed by atoms with Crippen LogP contribution in [0.1, 0.15) is 0 Å².